The minimum atomic E-state index is -1.07. The van der Waals surface area contributed by atoms with Gasteiger partial charge in [-0.1, -0.05) is 92.2 Å². The average Bonchev–Trinajstić information content (AvgIpc) is 3.03. The van der Waals surface area contributed by atoms with Crippen molar-refractivity contribution in [1.82, 2.24) is 5.32 Å². The lowest BCUT2D eigenvalue weighted by molar-refractivity contribution is -0.141. The van der Waals surface area contributed by atoms with Gasteiger partial charge in [0.25, 0.3) is 0 Å². The number of rotatable bonds is 13. The minimum Gasteiger partial charge on any atom is -0.480 e. The van der Waals surface area contributed by atoms with E-state index in [1.54, 1.807) is 11.9 Å². The third-order valence-electron chi connectivity index (χ3n) is 7.41. The fraction of sp³-hybridized carbons (Fsp3) is 0.250. The molecule has 43 heavy (non-hydrogen) atoms. The fourth-order valence-corrected chi connectivity index (χ4v) is 4.79. The topological polar surface area (TPSA) is 98.7 Å². The van der Waals surface area contributed by atoms with Crippen molar-refractivity contribution < 1.29 is 19.5 Å². The first-order chi connectivity index (χ1) is 20.8. The molecule has 0 radical (unpaired) electrons. The van der Waals surface area contributed by atoms with E-state index in [4.69, 9.17) is 0 Å². The summed E-state index contributed by atoms with van der Waals surface area (Å²) in [6.07, 6.45) is 4.27. The highest BCUT2D eigenvalue weighted by atomic mass is 16.4. The van der Waals surface area contributed by atoms with Crippen LogP contribution in [0, 0.1) is 0 Å². The van der Waals surface area contributed by atoms with E-state index >= 15 is 0 Å². The van der Waals surface area contributed by atoms with Gasteiger partial charge in [-0.2, -0.15) is 0 Å². The summed E-state index contributed by atoms with van der Waals surface area (Å²) in [5.74, 6) is -1.36. The van der Waals surface area contributed by atoms with Crippen molar-refractivity contribution in [2.24, 2.45) is 0 Å². The van der Waals surface area contributed by atoms with E-state index < -0.39 is 12.0 Å². The Kier molecular flexibility index (Phi) is 11.1. The predicted molar refractivity (Wildman–Crippen MR) is 172 cm³/mol. The van der Waals surface area contributed by atoms with Crippen LogP contribution >= 0.6 is 0 Å². The van der Waals surface area contributed by atoms with Gasteiger partial charge >= 0.3 is 12.0 Å². The highest BCUT2D eigenvalue weighted by molar-refractivity contribution is 6.01. The van der Waals surface area contributed by atoms with Crippen molar-refractivity contribution >= 4 is 29.3 Å². The standard InChI is InChI=1S/C36H39N3O4/c1-3-4-9-27-16-21-31(22-17-27)37-36(43)39(2)32-13-8-12-30(25-32)29-19-14-28(15-20-29)24-33(35(41)42)38-34(40)23-18-26-10-6-5-7-11-26/h5-8,10-17,19-22,25,33H,3-4,9,18,23-24H2,1-2H3,(H,37,43)(H,38,40)(H,41,42)/t33-/m0/s1. The van der Waals surface area contributed by atoms with Crippen molar-refractivity contribution in [3.8, 4) is 11.1 Å². The molecule has 4 aromatic rings. The Morgan fingerprint density at radius 2 is 1.44 bits per heavy atom. The van der Waals surface area contributed by atoms with Gasteiger partial charge in [-0.25, -0.2) is 9.59 Å². The lowest BCUT2D eigenvalue weighted by atomic mass is 10.00. The second-order valence-corrected chi connectivity index (χ2v) is 10.7. The number of anilines is 2. The van der Waals surface area contributed by atoms with E-state index in [1.165, 1.54) is 5.56 Å². The molecule has 1 atom stereocenters. The molecule has 222 valence electrons. The number of nitrogens with zero attached hydrogens (tertiary/aromatic N) is 1. The van der Waals surface area contributed by atoms with Crippen molar-refractivity contribution in [3.63, 3.8) is 0 Å². The van der Waals surface area contributed by atoms with Gasteiger partial charge in [0.05, 0.1) is 0 Å². The van der Waals surface area contributed by atoms with Crippen LogP contribution in [0.5, 0.6) is 0 Å². The van der Waals surface area contributed by atoms with Crippen LogP contribution in [0.3, 0.4) is 0 Å². The smallest absolute Gasteiger partial charge is 0.326 e. The van der Waals surface area contributed by atoms with Gasteiger partial charge in [-0.15, -0.1) is 0 Å². The molecule has 3 N–H and O–H groups in total. The Hall–Kier alpha value is -4.91. The van der Waals surface area contributed by atoms with E-state index in [2.05, 4.69) is 17.6 Å². The zero-order chi connectivity index (χ0) is 30.6. The predicted octanol–water partition coefficient (Wildman–Crippen LogP) is 7.11. The number of carboxylic acid groups (broad SMARTS) is 1. The largest absolute Gasteiger partial charge is 0.480 e. The van der Waals surface area contributed by atoms with Crippen LogP contribution in [0.1, 0.15) is 42.9 Å². The van der Waals surface area contributed by atoms with E-state index in [0.717, 1.165) is 52.9 Å². The number of carbonyl (C=O) groups is 3. The van der Waals surface area contributed by atoms with Gasteiger partial charge in [-0.3, -0.25) is 9.69 Å². The van der Waals surface area contributed by atoms with Gasteiger partial charge in [0, 0.05) is 31.3 Å². The number of hydrogen-bond donors (Lipinski definition) is 3. The summed E-state index contributed by atoms with van der Waals surface area (Å²) in [7, 11) is 1.73. The van der Waals surface area contributed by atoms with Crippen LogP contribution in [-0.4, -0.2) is 36.1 Å². The molecule has 0 unspecified atom stereocenters. The van der Waals surface area contributed by atoms with Crippen molar-refractivity contribution in [3.05, 3.63) is 120 Å². The summed E-state index contributed by atoms with van der Waals surface area (Å²) >= 11 is 0. The van der Waals surface area contributed by atoms with E-state index in [1.807, 2.05) is 103 Å². The number of benzene rings is 4. The van der Waals surface area contributed by atoms with Gasteiger partial charge in [0.1, 0.15) is 6.04 Å². The van der Waals surface area contributed by atoms with Gasteiger partial charge < -0.3 is 15.7 Å². The van der Waals surface area contributed by atoms with Crippen molar-refractivity contribution in [2.45, 2.75) is 51.5 Å². The maximum absolute atomic E-state index is 12.9. The van der Waals surface area contributed by atoms with E-state index in [9.17, 15) is 19.5 Å². The average molecular weight is 578 g/mol. The molecule has 0 aliphatic carbocycles. The number of aryl methyl sites for hydroxylation is 2. The molecule has 0 bridgehead atoms. The number of carbonyl (C=O) groups excluding carboxylic acids is 2. The molecule has 0 aromatic heterocycles. The van der Waals surface area contributed by atoms with Gasteiger partial charge in [-0.05, 0) is 71.3 Å². The normalized spacial score (nSPS) is 11.4. The molecule has 0 aliphatic heterocycles. The molecule has 4 aromatic carbocycles. The Labute approximate surface area is 253 Å². The fourth-order valence-electron chi connectivity index (χ4n) is 4.79. The zero-order valence-corrected chi connectivity index (χ0v) is 24.8. The van der Waals surface area contributed by atoms with E-state index in [-0.39, 0.29) is 24.8 Å². The van der Waals surface area contributed by atoms with Gasteiger partial charge in [0.15, 0.2) is 0 Å². The SMILES string of the molecule is CCCCc1ccc(NC(=O)N(C)c2cccc(-c3ccc(C[C@H](NC(=O)CCc4ccccc4)C(=O)O)cc3)c2)cc1. The first-order valence-corrected chi connectivity index (χ1v) is 14.7. The maximum atomic E-state index is 12.9. The number of unbranched alkanes of at least 4 members (excludes halogenated alkanes) is 1. The number of nitrogens with one attached hydrogen (secondary N) is 2. The number of amides is 3. The second-order valence-electron chi connectivity index (χ2n) is 10.7. The number of aliphatic carboxylic acids is 1. The third-order valence-corrected chi connectivity index (χ3v) is 7.41. The molecule has 0 saturated heterocycles. The van der Waals surface area contributed by atoms with Crippen molar-refractivity contribution in [2.75, 3.05) is 17.3 Å². The molecule has 7 heteroatoms. The lowest BCUT2D eigenvalue weighted by Gasteiger charge is -2.19. The Morgan fingerprint density at radius 3 is 2.12 bits per heavy atom. The summed E-state index contributed by atoms with van der Waals surface area (Å²) in [6, 6.07) is 31.6. The molecule has 0 saturated carbocycles. The number of urea groups is 1. The monoisotopic (exact) mass is 577 g/mol. The summed E-state index contributed by atoms with van der Waals surface area (Å²) in [6.45, 7) is 2.17. The molecule has 7 nitrogen and oxygen atoms in total. The van der Waals surface area contributed by atoms with Crippen LogP contribution in [0.15, 0.2) is 103 Å². The Bertz CT molecular complexity index is 1500. The first kappa shape index (κ1) is 31.0. The lowest BCUT2D eigenvalue weighted by Crippen LogP contribution is -2.42. The molecule has 0 aliphatic rings. The highest BCUT2D eigenvalue weighted by Crippen LogP contribution is 2.25. The quantitative estimate of drug-likeness (QED) is 0.158. The van der Waals surface area contributed by atoms with Crippen LogP contribution < -0.4 is 15.5 Å². The summed E-state index contributed by atoms with van der Waals surface area (Å²) in [5.41, 5.74) is 6.43. The molecule has 0 fully saturated rings. The van der Waals surface area contributed by atoms with E-state index in [0.29, 0.717) is 6.42 Å². The molecular weight excluding hydrogens is 538 g/mol. The van der Waals surface area contributed by atoms with Crippen molar-refractivity contribution in [1.29, 1.82) is 0 Å². The van der Waals surface area contributed by atoms with Crippen LogP contribution in [0.4, 0.5) is 16.2 Å². The van der Waals surface area contributed by atoms with Crippen LogP contribution in [0.2, 0.25) is 0 Å². The molecule has 4 rings (SSSR count). The zero-order valence-electron chi connectivity index (χ0n) is 24.8. The second kappa shape index (κ2) is 15.4. The molecule has 0 spiro atoms. The summed E-state index contributed by atoms with van der Waals surface area (Å²) in [5, 5.41) is 15.3. The summed E-state index contributed by atoms with van der Waals surface area (Å²) in [4.78, 5) is 38.8. The minimum absolute atomic E-state index is 0.176. The van der Waals surface area contributed by atoms with Crippen LogP contribution in [-0.2, 0) is 28.9 Å². The Balaban J connectivity index is 1.35. The maximum Gasteiger partial charge on any atom is 0.326 e. The molecule has 3 amide bonds. The third kappa shape index (κ3) is 9.30. The first-order valence-electron chi connectivity index (χ1n) is 14.7. The molecule has 0 heterocycles. The van der Waals surface area contributed by atoms with Gasteiger partial charge in [0.2, 0.25) is 5.91 Å². The number of carboxylic acids is 1. The molecular formula is C36H39N3O4. The number of hydrogen-bond acceptors (Lipinski definition) is 3. The van der Waals surface area contributed by atoms with Crippen LogP contribution in [0.25, 0.3) is 11.1 Å². The Morgan fingerprint density at radius 1 is 0.767 bits per heavy atom. The summed E-state index contributed by atoms with van der Waals surface area (Å²) < 4.78 is 0. The highest BCUT2D eigenvalue weighted by Gasteiger charge is 2.20.